The van der Waals surface area contributed by atoms with Crippen LogP contribution in [0.5, 0.6) is 5.75 Å². The van der Waals surface area contributed by atoms with E-state index in [-0.39, 0.29) is 12.6 Å². The molecule has 0 saturated carbocycles. The molecule has 2 heterocycles. The number of carboxylic acid groups (broad SMARTS) is 1. The van der Waals surface area contributed by atoms with Crippen LogP contribution in [0.2, 0.25) is 5.02 Å². The van der Waals surface area contributed by atoms with Gasteiger partial charge in [0.15, 0.2) is 0 Å². The molecule has 0 bridgehead atoms. The Hall–Kier alpha value is -1.95. The predicted molar refractivity (Wildman–Crippen MR) is 84.8 cm³/mol. The van der Waals surface area contributed by atoms with E-state index >= 15 is 0 Å². The van der Waals surface area contributed by atoms with Gasteiger partial charge < -0.3 is 20.1 Å². The summed E-state index contributed by atoms with van der Waals surface area (Å²) in [4.78, 5) is 25.1. The second-order valence-electron chi connectivity index (χ2n) is 6.35. The first kappa shape index (κ1) is 15.9. The lowest BCUT2D eigenvalue weighted by Gasteiger charge is -2.21. The fourth-order valence-corrected chi connectivity index (χ4v) is 3.33. The Balaban J connectivity index is 1.64. The maximum Gasteiger partial charge on any atom is 0.317 e. The summed E-state index contributed by atoms with van der Waals surface area (Å²) in [5, 5.41) is 12.7. The maximum absolute atomic E-state index is 12.3. The minimum Gasteiger partial charge on any atom is -0.493 e. The number of hydrogen-bond acceptors (Lipinski definition) is 3. The molecule has 2 aliphatic rings. The molecule has 124 valence electrons. The van der Waals surface area contributed by atoms with Crippen LogP contribution in [0.1, 0.15) is 24.5 Å². The maximum atomic E-state index is 12.3. The molecule has 3 rings (SSSR count). The lowest BCUT2D eigenvalue weighted by molar-refractivity contribution is -0.146. The number of benzene rings is 1. The van der Waals surface area contributed by atoms with Crippen LogP contribution in [0, 0.1) is 5.41 Å². The van der Waals surface area contributed by atoms with Gasteiger partial charge in [-0.2, -0.15) is 0 Å². The molecule has 2 N–H and O–H groups in total. The van der Waals surface area contributed by atoms with Crippen molar-refractivity contribution in [3.8, 4) is 5.75 Å². The molecular formula is C16H19ClN2O4. The molecule has 1 atom stereocenters. The van der Waals surface area contributed by atoms with Crippen molar-refractivity contribution in [1.29, 1.82) is 0 Å². The number of nitrogens with zero attached hydrogens (tertiary/aromatic N) is 1. The molecule has 0 radical (unpaired) electrons. The quantitative estimate of drug-likeness (QED) is 0.886. The third kappa shape index (κ3) is 3.08. The van der Waals surface area contributed by atoms with Gasteiger partial charge in [0, 0.05) is 36.6 Å². The molecule has 1 aromatic rings. The Bertz CT molecular complexity index is 664. The number of carbonyl (C=O) groups excluding carboxylic acids is 1. The number of carbonyl (C=O) groups is 2. The van der Waals surface area contributed by atoms with E-state index in [0.717, 1.165) is 23.3 Å². The fourth-order valence-electron chi connectivity index (χ4n) is 3.07. The number of ether oxygens (including phenoxy) is 1. The molecule has 1 aromatic carbocycles. The summed E-state index contributed by atoms with van der Waals surface area (Å²) < 4.78 is 5.61. The topological polar surface area (TPSA) is 78.9 Å². The second kappa shape index (κ2) is 5.92. The normalized spacial score (nSPS) is 22.6. The first-order valence-corrected chi connectivity index (χ1v) is 7.97. The van der Waals surface area contributed by atoms with E-state index in [9.17, 15) is 14.7 Å². The molecule has 6 nitrogen and oxygen atoms in total. The van der Waals surface area contributed by atoms with Gasteiger partial charge in [0.05, 0.1) is 12.0 Å². The molecule has 2 aliphatic heterocycles. The van der Waals surface area contributed by atoms with Gasteiger partial charge in [-0.25, -0.2) is 4.79 Å². The highest BCUT2D eigenvalue weighted by Crippen LogP contribution is 2.33. The lowest BCUT2D eigenvalue weighted by Crippen LogP contribution is -2.40. The molecule has 2 amide bonds. The molecule has 0 spiro atoms. The highest BCUT2D eigenvalue weighted by Gasteiger charge is 2.42. The average molecular weight is 339 g/mol. The number of halogens is 1. The summed E-state index contributed by atoms with van der Waals surface area (Å²) in [6.07, 6.45) is 1.28. The van der Waals surface area contributed by atoms with Crippen molar-refractivity contribution in [1.82, 2.24) is 10.2 Å². The van der Waals surface area contributed by atoms with Crippen LogP contribution in [0.4, 0.5) is 4.79 Å². The Morgan fingerprint density at radius 3 is 2.96 bits per heavy atom. The Labute approximate surface area is 139 Å². The van der Waals surface area contributed by atoms with Crippen LogP contribution in [0.25, 0.3) is 0 Å². The first-order valence-electron chi connectivity index (χ1n) is 7.59. The summed E-state index contributed by atoms with van der Waals surface area (Å²) in [5.74, 6) is -0.0691. The first-order chi connectivity index (χ1) is 10.9. The Morgan fingerprint density at radius 1 is 1.48 bits per heavy atom. The molecule has 0 aromatic heterocycles. The average Bonchev–Trinajstić information content (AvgIpc) is 3.11. The van der Waals surface area contributed by atoms with Crippen molar-refractivity contribution in [2.75, 3.05) is 19.7 Å². The zero-order valence-electron chi connectivity index (χ0n) is 12.9. The third-order valence-corrected chi connectivity index (χ3v) is 4.75. The standard InChI is InChI=1S/C16H19ClN2O4/c1-16(14(20)21)3-4-19(9-16)15(22)18-8-11-7-12(17)6-10-2-5-23-13(10)11/h6-7H,2-5,8-9H2,1H3,(H,18,22)(H,20,21). The van der Waals surface area contributed by atoms with Crippen molar-refractivity contribution in [2.45, 2.75) is 26.3 Å². The second-order valence-corrected chi connectivity index (χ2v) is 6.78. The van der Waals surface area contributed by atoms with Gasteiger partial charge in [0.1, 0.15) is 5.75 Å². The molecule has 7 heteroatoms. The zero-order valence-corrected chi connectivity index (χ0v) is 13.7. The summed E-state index contributed by atoms with van der Waals surface area (Å²) in [6, 6.07) is 3.41. The van der Waals surface area contributed by atoms with Gasteiger partial charge in [-0.15, -0.1) is 0 Å². The molecule has 1 fully saturated rings. The van der Waals surface area contributed by atoms with Gasteiger partial charge >= 0.3 is 12.0 Å². The fraction of sp³-hybridized carbons (Fsp3) is 0.500. The third-order valence-electron chi connectivity index (χ3n) is 4.53. The monoisotopic (exact) mass is 338 g/mol. The molecule has 1 saturated heterocycles. The van der Waals surface area contributed by atoms with E-state index in [2.05, 4.69) is 5.32 Å². The van der Waals surface area contributed by atoms with Gasteiger partial charge in [0.2, 0.25) is 0 Å². The van der Waals surface area contributed by atoms with Crippen LogP contribution >= 0.6 is 11.6 Å². The van der Waals surface area contributed by atoms with Crippen LogP contribution in [-0.4, -0.2) is 41.7 Å². The largest absolute Gasteiger partial charge is 0.493 e. The molecule has 1 unspecified atom stereocenters. The molecule has 0 aliphatic carbocycles. The number of fused-ring (bicyclic) bond motifs is 1. The summed E-state index contributed by atoms with van der Waals surface area (Å²) >= 11 is 6.10. The minimum atomic E-state index is -0.867. The smallest absolute Gasteiger partial charge is 0.317 e. The predicted octanol–water partition coefficient (Wildman–Crippen LogP) is 2.28. The van der Waals surface area contributed by atoms with E-state index in [1.54, 1.807) is 17.9 Å². The van der Waals surface area contributed by atoms with Gasteiger partial charge in [-0.3, -0.25) is 4.79 Å². The van der Waals surface area contributed by atoms with Crippen LogP contribution in [0.3, 0.4) is 0 Å². The minimum absolute atomic E-state index is 0.221. The summed E-state index contributed by atoms with van der Waals surface area (Å²) in [7, 11) is 0. The summed E-state index contributed by atoms with van der Waals surface area (Å²) in [6.45, 7) is 3.26. The molecular weight excluding hydrogens is 320 g/mol. The Morgan fingerprint density at radius 2 is 2.26 bits per heavy atom. The number of urea groups is 1. The number of rotatable bonds is 3. The highest BCUT2D eigenvalue weighted by molar-refractivity contribution is 6.30. The van der Waals surface area contributed by atoms with Gasteiger partial charge in [-0.1, -0.05) is 11.6 Å². The number of hydrogen-bond donors (Lipinski definition) is 2. The summed E-state index contributed by atoms with van der Waals surface area (Å²) in [5.41, 5.74) is 1.04. The van der Waals surface area contributed by atoms with Crippen LogP contribution in [-0.2, 0) is 17.8 Å². The van der Waals surface area contributed by atoms with Crippen molar-refractivity contribution in [3.05, 3.63) is 28.3 Å². The number of likely N-dealkylation sites (tertiary alicyclic amines) is 1. The Kier molecular flexibility index (Phi) is 4.10. The van der Waals surface area contributed by atoms with Crippen molar-refractivity contribution in [2.24, 2.45) is 5.41 Å². The van der Waals surface area contributed by atoms with Gasteiger partial charge in [0.25, 0.3) is 0 Å². The van der Waals surface area contributed by atoms with E-state index in [4.69, 9.17) is 16.3 Å². The molecule has 23 heavy (non-hydrogen) atoms. The number of carboxylic acids is 1. The lowest BCUT2D eigenvalue weighted by atomic mass is 9.90. The van der Waals surface area contributed by atoms with Crippen molar-refractivity contribution >= 4 is 23.6 Å². The van der Waals surface area contributed by atoms with Crippen LogP contribution < -0.4 is 10.1 Å². The van der Waals surface area contributed by atoms with E-state index in [1.807, 2.05) is 6.07 Å². The highest BCUT2D eigenvalue weighted by atomic mass is 35.5. The van der Waals surface area contributed by atoms with Crippen molar-refractivity contribution in [3.63, 3.8) is 0 Å². The van der Waals surface area contributed by atoms with E-state index in [1.165, 1.54) is 0 Å². The van der Waals surface area contributed by atoms with Crippen molar-refractivity contribution < 1.29 is 19.4 Å². The number of aliphatic carboxylic acids is 1. The number of nitrogens with one attached hydrogen (secondary N) is 1. The van der Waals surface area contributed by atoms with Gasteiger partial charge in [-0.05, 0) is 31.0 Å². The van der Waals surface area contributed by atoms with E-state index in [0.29, 0.717) is 31.1 Å². The SMILES string of the molecule is CC1(C(=O)O)CCN(C(=O)NCc2cc(Cl)cc3c2OCC3)C1. The van der Waals surface area contributed by atoms with Crippen LogP contribution in [0.15, 0.2) is 12.1 Å². The van der Waals surface area contributed by atoms with E-state index < -0.39 is 11.4 Å². The zero-order chi connectivity index (χ0) is 16.6. The number of amides is 2.